The number of carbonyl (C=O) groups is 2. The van der Waals surface area contributed by atoms with Gasteiger partial charge in [0, 0.05) is 33.7 Å². The number of nitrogens with zero attached hydrogens (tertiary/aromatic N) is 2. The van der Waals surface area contributed by atoms with E-state index in [4.69, 9.17) is 46.4 Å². The molecule has 36 heavy (non-hydrogen) atoms. The number of nitrogens with one attached hydrogen (secondary N) is 1. The fourth-order valence-electron chi connectivity index (χ4n) is 3.47. The normalized spacial score (nSPS) is 12.4. The van der Waals surface area contributed by atoms with Crippen LogP contribution in [-0.2, 0) is 26.2 Å². The number of carbonyl (C=O) groups excluding carboxylic acids is 2. The highest BCUT2D eigenvalue weighted by atomic mass is 35.5. The van der Waals surface area contributed by atoms with Gasteiger partial charge in [0.05, 0.1) is 17.0 Å². The molecule has 198 valence electrons. The predicted octanol–water partition coefficient (Wildman–Crippen LogP) is 5.65. The molecule has 7 nitrogen and oxygen atoms in total. The SMILES string of the molecule is CC[C@@H](C(=O)NCC(C)C)N(Cc1c(Cl)cccc1Cl)C(=O)CN(c1ccc(Cl)cc1Cl)S(C)(=O)=O. The lowest BCUT2D eigenvalue weighted by Gasteiger charge is -2.33. The topological polar surface area (TPSA) is 86.8 Å². The van der Waals surface area contributed by atoms with E-state index in [1.54, 1.807) is 25.1 Å². The van der Waals surface area contributed by atoms with Gasteiger partial charge in [0.15, 0.2) is 0 Å². The lowest BCUT2D eigenvalue weighted by Crippen LogP contribution is -2.52. The molecule has 12 heteroatoms. The Bertz CT molecular complexity index is 1190. The van der Waals surface area contributed by atoms with E-state index in [0.29, 0.717) is 27.2 Å². The van der Waals surface area contributed by atoms with Crippen molar-refractivity contribution < 1.29 is 18.0 Å². The molecule has 2 rings (SSSR count). The Balaban J connectivity index is 2.51. The molecule has 0 radical (unpaired) electrons. The van der Waals surface area contributed by atoms with E-state index in [-0.39, 0.29) is 35.5 Å². The average molecular weight is 597 g/mol. The monoisotopic (exact) mass is 595 g/mol. The molecule has 0 aliphatic heterocycles. The summed E-state index contributed by atoms with van der Waals surface area (Å²) in [5, 5.41) is 3.85. The summed E-state index contributed by atoms with van der Waals surface area (Å²) in [6.07, 6.45) is 1.24. The molecule has 0 fully saturated rings. The largest absolute Gasteiger partial charge is 0.354 e. The van der Waals surface area contributed by atoms with Crippen LogP contribution in [0.25, 0.3) is 0 Å². The molecule has 1 atom stereocenters. The van der Waals surface area contributed by atoms with Crippen LogP contribution in [0.2, 0.25) is 20.1 Å². The summed E-state index contributed by atoms with van der Waals surface area (Å²) in [5.74, 6) is -0.798. The van der Waals surface area contributed by atoms with Gasteiger partial charge in [-0.1, -0.05) is 73.2 Å². The number of anilines is 1. The van der Waals surface area contributed by atoms with Crippen molar-refractivity contribution in [3.8, 4) is 0 Å². The van der Waals surface area contributed by atoms with Gasteiger partial charge in [-0.2, -0.15) is 0 Å². The van der Waals surface area contributed by atoms with Gasteiger partial charge in [0.25, 0.3) is 0 Å². The first-order valence-corrected chi connectivity index (χ1v) is 14.5. The van der Waals surface area contributed by atoms with Gasteiger partial charge < -0.3 is 10.2 Å². The second kappa shape index (κ2) is 13.2. The number of amides is 2. The lowest BCUT2D eigenvalue weighted by molar-refractivity contribution is -0.140. The fraction of sp³-hybridized carbons (Fsp3) is 0.417. The van der Waals surface area contributed by atoms with Crippen molar-refractivity contribution in [3.05, 3.63) is 62.1 Å². The van der Waals surface area contributed by atoms with Gasteiger partial charge in [-0.05, 0) is 42.7 Å². The maximum atomic E-state index is 13.7. The van der Waals surface area contributed by atoms with Gasteiger partial charge in [-0.25, -0.2) is 8.42 Å². The van der Waals surface area contributed by atoms with Crippen LogP contribution in [0.4, 0.5) is 5.69 Å². The number of benzene rings is 2. The molecule has 0 unspecified atom stereocenters. The van der Waals surface area contributed by atoms with Crippen LogP contribution in [0.5, 0.6) is 0 Å². The lowest BCUT2D eigenvalue weighted by atomic mass is 10.1. The number of hydrogen-bond acceptors (Lipinski definition) is 4. The van der Waals surface area contributed by atoms with Crippen molar-refractivity contribution in [1.29, 1.82) is 0 Å². The van der Waals surface area contributed by atoms with Gasteiger partial charge in [0.1, 0.15) is 12.6 Å². The summed E-state index contributed by atoms with van der Waals surface area (Å²) >= 11 is 24.9. The van der Waals surface area contributed by atoms with E-state index >= 15 is 0 Å². The summed E-state index contributed by atoms with van der Waals surface area (Å²) in [7, 11) is -3.94. The van der Waals surface area contributed by atoms with Crippen LogP contribution in [0.15, 0.2) is 36.4 Å². The number of sulfonamides is 1. The Labute approximate surface area is 232 Å². The maximum absolute atomic E-state index is 13.7. The zero-order valence-electron chi connectivity index (χ0n) is 20.4. The first kappa shape index (κ1) is 30.5. The fourth-order valence-corrected chi connectivity index (χ4v) is 5.41. The first-order chi connectivity index (χ1) is 16.8. The van der Waals surface area contributed by atoms with Crippen LogP contribution >= 0.6 is 46.4 Å². The molecule has 0 saturated carbocycles. The van der Waals surface area contributed by atoms with Crippen molar-refractivity contribution in [2.24, 2.45) is 5.92 Å². The van der Waals surface area contributed by atoms with Gasteiger partial charge in [-0.15, -0.1) is 0 Å². The molecule has 0 aliphatic rings. The van der Waals surface area contributed by atoms with Crippen molar-refractivity contribution in [2.75, 3.05) is 23.7 Å². The Hall–Kier alpha value is -1.71. The third-order valence-electron chi connectivity index (χ3n) is 5.32. The minimum absolute atomic E-state index is 0.0585. The smallest absolute Gasteiger partial charge is 0.244 e. The standard InChI is InChI=1S/C24H29Cl4N3O4S/c1-5-21(24(33)29-12-15(2)3)30(13-17-18(26)7-6-8-19(17)27)23(32)14-31(36(4,34)35)22-10-9-16(25)11-20(22)28/h6-11,15,21H,5,12-14H2,1-4H3,(H,29,33)/t21-/m0/s1. The second-order valence-electron chi connectivity index (χ2n) is 8.65. The Kier molecular flexibility index (Phi) is 11.2. The third-order valence-corrected chi connectivity index (χ3v) is 7.69. The molecule has 2 amide bonds. The summed E-state index contributed by atoms with van der Waals surface area (Å²) in [6, 6.07) is 8.30. The molecule has 1 N–H and O–H groups in total. The summed E-state index contributed by atoms with van der Waals surface area (Å²) in [5.41, 5.74) is 0.532. The van der Waals surface area contributed by atoms with Gasteiger partial charge in [-0.3, -0.25) is 13.9 Å². The number of rotatable bonds is 11. The van der Waals surface area contributed by atoms with E-state index < -0.39 is 28.5 Å². The maximum Gasteiger partial charge on any atom is 0.244 e. The van der Waals surface area contributed by atoms with Crippen LogP contribution in [0.3, 0.4) is 0 Å². The molecule has 0 spiro atoms. The van der Waals surface area contributed by atoms with Crippen LogP contribution in [0, 0.1) is 5.92 Å². The van der Waals surface area contributed by atoms with E-state index in [9.17, 15) is 18.0 Å². The van der Waals surface area contributed by atoms with E-state index in [2.05, 4.69) is 5.32 Å². The zero-order chi connectivity index (χ0) is 27.2. The predicted molar refractivity (Wildman–Crippen MR) is 148 cm³/mol. The summed E-state index contributed by atoms with van der Waals surface area (Å²) in [6.45, 7) is 5.38. The Morgan fingerprint density at radius 2 is 1.61 bits per heavy atom. The first-order valence-electron chi connectivity index (χ1n) is 11.2. The molecule has 0 bridgehead atoms. The van der Waals surface area contributed by atoms with E-state index in [1.165, 1.54) is 23.1 Å². The van der Waals surface area contributed by atoms with E-state index in [0.717, 1.165) is 10.6 Å². The molecule has 0 aromatic heterocycles. The highest BCUT2D eigenvalue weighted by molar-refractivity contribution is 7.92. The summed E-state index contributed by atoms with van der Waals surface area (Å²) < 4.78 is 26.3. The molecule has 0 saturated heterocycles. The highest BCUT2D eigenvalue weighted by Crippen LogP contribution is 2.31. The average Bonchev–Trinajstić information content (AvgIpc) is 2.77. The zero-order valence-corrected chi connectivity index (χ0v) is 24.2. The molecule has 2 aromatic rings. The van der Waals surface area contributed by atoms with Gasteiger partial charge >= 0.3 is 0 Å². The minimum atomic E-state index is -3.94. The number of halogens is 4. The number of hydrogen-bond donors (Lipinski definition) is 1. The molecular formula is C24H29Cl4N3O4S. The molecule has 0 heterocycles. The van der Waals surface area contributed by atoms with E-state index in [1.807, 2.05) is 13.8 Å². The Morgan fingerprint density at radius 3 is 2.11 bits per heavy atom. The highest BCUT2D eigenvalue weighted by Gasteiger charge is 2.33. The van der Waals surface area contributed by atoms with Crippen molar-refractivity contribution in [1.82, 2.24) is 10.2 Å². The van der Waals surface area contributed by atoms with Crippen molar-refractivity contribution in [3.63, 3.8) is 0 Å². The van der Waals surface area contributed by atoms with Crippen molar-refractivity contribution >= 4 is 73.9 Å². The third kappa shape index (κ3) is 8.15. The van der Waals surface area contributed by atoms with Crippen molar-refractivity contribution in [2.45, 2.75) is 39.8 Å². The van der Waals surface area contributed by atoms with Gasteiger partial charge in [0.2, 0.25) is 21.8 Å². The second-order valence-corrected chi connectivity index (χ2v) is 12.2. The molecule has 2 aromatic carbocycles. The van der Waals surface area contributed by atoms with Crippen LogP contribution in [-0.4, -0.2) is 50.5 Å². The Morgan fingerprint density at radius 1 is 1.00 bits per heavy atom. The quantitative estimate of drug-likeness (QED) is 0.363. The van der Waals surface area contributed by atoms with Crippen LogP contribution < -0.4 is 9.62 Å². The molecule has 0 aliphatic carbocycles. The molecular weight excluding hydrogens is 568 g/mol. The van der Waals surface area contributed by atoms with Crippen LogP contribution in [0.1, 0.15) is 32.8 Å². The minimum Gasteiger partial charge on any atom is -0.354 e. The summed E-state index contributed by atoms with van der Waals surface area (Å²) in [4.78, 5) is 28.1.